The Morgan fingerprint density at radius 1 is 1.07 bits per heavy atom. The minimum absolute atomic E-state index is 0.161. The fourth-order valence-electron chi connectivity index (χ4n) is 2.58. The van der Waals surface area contributed by atoms with Gasteiger partial charge in [0.1, 0.15) is 0 Å². The van der Waals surface area contributed by atoms with E-state index in [4.69, 9.17) is 11.6 Å². The molecule has 0 atom stereocenters. The van der Waals surface area contributed by atoms with E-state index in [2.05, 4.69) is 9.98 Å². The summed E-state index contributed by atoms with van der Waals surface area (Å²) in [5.74, 6) is -0.161. The molecule has 1 aliphatic rings. The van der Waals surface area contributed by atoms with Crippen LogP contribution in [0.25, 0.3) is 6.08 Å². The van der Waals surface area contributed by atoms with Crippen LogP contribution in [0.1, 0.15) is 5.56 Å². The van der Waals surface area contributed by atoms with Crippen LogP contribution in [0.5, 0.6) is 0 Å². The molecule has 1 fully saturated rings. The third-order valence-electron chi connectivity index (χ3n) is 3.80. The van der Waals surface area contributed by atoms with Crippen molar-refractivity contribution in [3.8, 4) is 0 Å². The highest BCUT2D eigenvalue weighted by Crippen LogP contribution is 2.37. The maximum atomic E-state index is 13.1. The molecule has 0 N–H and O–H groups in total. The molecule has 0 radical (unpaired) electrons. The number of amides is 1. The van der Waals surface area contributed by atoms with Crippen LogP contribution in [0.15, 0.2) is 93.2 Å². The van der Waals surface area contributed by atoms with Gasteiger partial charge in [0.25, 0.3) is 5.91 Å². The van der Waals surface area contributed by atoms with Crippen LogP contribution in [-0.4, -0.2) is 16.1 Å². The Morgan fingerprint density at radius 3 is 2.46 bits per heavy atom. The molecule has 3 aromatic rings. The van der Waals surface area contributed by atoms with Crippen molar-refractivity contribution in [2.24, 2.45) is 4.99 Å². The van der Waals surface area contributed by atoms with Crippen LogP contribution in [-0.2, 0) is 4.79 Å². The molecule has 1 saturated heterocycles. The molecule has 1 amide bonds. The average molecular weight is 424 g/mol. The van der Waals surface area contributed by atoms with Crippen molar-refractivity contribution in [3.63, 3.8) is 0 Å². The second-order valence-electron chi connectivity index (χ2n) is 5.74. The highest BCUT2D eigenvalue weighted by Gasteiger charge is 2.35. The number of hydrogen-bond acceptors (Lipinski definition) is 5. The number of aliphatic imine (C=N–C) groups is 1. The van der Waals surface area contributed by atoms with Crippen molar-refractivity contribution in [1.82, 2.24) is 4.98 Å². The van der Waals surface area contributed by atoms with Crippen LogP contribution in [0.2, 0.25) is 0 Å². The van der Waals surface area contributed by atoms with Crippen LogP contribution in [0.3, 0.4) is 0 Å². The molecule has 4 rings (SSSR count). The van der Waals surface area contributed by atoms with Gasteiger partial charge >= 0.3 is 0 Å². The van der Waals surface area contributed by atoms with Gasteiger partial charge in [-0.15, -0.1) is 11.3 Å². The first-order valence-corrected chi connectivity index (χ1v) is 10.5. The first-order valence-electron chi connectivity index (χ1n) is 8.40. The van der Waals surface area contributed by atoms with Gasteiger partial charge in [0.05, 0.1) is 10.6 Å². The summed E-state index contributed by atoms with van der Waals surface area (Å²) in [4.78, 5) is 23.9. The first kappa shape index (κ1) is 18.7. The second-order valence-corrected chi connectivity index (χ2v) is 8.05. The molecule has 0 unspecified atom stereocenters. The molecular formula is C21H14ClN3OS2. The number of para-hydroxylation sites is 1. The zero-order valence-corrected chi connectivity index (χ0v) is 16.9. The summed E-state index contributed by atoms with van der Waals surface area (Å²) in [5, 5.41) is 3.49. The molecule has 2 heterocycles. The van der Waals surface area contributed by atoms with E-state index in [1.165, 1.54) is 23.1 Å². The number of amidine groups is 1. The molecule has 28 heavy (non-hydrogen) atoms. The number of hydrogen-bond donors (Lipinski definition) is 0. The van der Waals surface area contributed by atoms with E-state index >= 15 is 0 Å². The van der Waals surface area contributed by atoms with Gasteiger partial charge in [-0.2, -0.15) is 4.99 Å². The third-order valence-corrected chi connectivity index (χ3v) is 5.66. The smallest absolute Gasteiger partial charge is 0.268 e. The van der Waals surface area contributed by atoms with Crippen molar-refractivity contribution in [2.45, 2.75) is 0 Å². The van der Waals surface area contributed by atoms with Crippen LogP contribution < -0.4 is 4.90 Å². The van der Waals surface area contributed by atoms with Gasteiger partial charge in [-0.25, -0.2) is 4.98 Å². The first-order chi connectivity index (χ1) is 13.7. The van der Waals surface area contributed by atoms with Gasteiger partial charge in [0.15, 0.2) is 5.17 Å². The summed E-state index contributed by atoms with van der Waals surface area (Å²) in [5.41, 5.74) is 1.72. The topological polar surface area (TPSA) is 45.6 Å². The number of thiazole rings is 1. The Morgan fingerprint density at radius 2 is 1.79 bits per heavy atom. The fraction of sp³-hybridized carbons (Fsp3) is 0. The molecule has 1 aromatic heterocycles. The van der Waals surface area contributed by atoms with E-state index in [9.17, 15) is 4.79 Å². The van der Waals surface area contributed by atoms with Gasteiger partial charge in [-0.1, -0.05) is 60.1 Å². The van der Waals surface area contributed by atoms with Crippen LogP contribution >= 0.6 is 34.7 Å². The zero-order chi connectivity index (χ0) is 19.3. The van der Waals surface area contributed by atoms with Crippen molar-refractivity contribution >= 4 is 62.7 Å². The Kier molecular flexibility index (Phi) is 5.71. The number of aromatic nitrogens is 1. The van der Waals surface area contributed by atoms with E-state index in [0.29, 0.717) is 20.2 Å². The largest absolute Gasteiger partial charge is 0.271 e. The summed E-state index contributed by atoms with van der Waals surface area (Å²) in [6.07, 6.45) is 5.20. The highest BCUT2D eigenvalue weighted by molar-refractivity contribution is 8.19. The van der Waals surface area contributed by atoms with E-state index in [-0.39, 0.29) is 5.91 Å². The number of anilines is 1. The number of thioether (sulfide) groups is 1. The predicted octanol–water partition coefficient (Wildman–Crippen LogP) is 6.07. The van der Waals surface area contributed by atoms with Gasteiger partial charge in [-0.05, 0) is 41.6 Å². The number of rotatable bonds is 4. The quantitative estimate of drug-likeness (QED) is 0.478. The summed E-state index contributed by atoms with van der Waals surface area (Å²) in [6, 6.07) is 19.2. The summed E-state index contributed by atoms with van der Waals surface area (Å²) >= 11 is 9.10. The molecule has 138 valence electrons. The number of benzene rings is 2. The minimum Gasteiger partial charge on any atom is -0.268 e. The molecule has 0 spiro atoms. The standard InChI is InChI=1S/C21H14ClN3OS2/c22-16(13-15-7-3-1-4-8-15)14-18-19(26)25(17-9-5-2-6-10-17)21(28-18)24-20-23-11-12-27-20/h1-14H/b16-13-,18-14-,24-21+. The summed E-state index contributed by atoms with van der Waals surface area (Å²) in [6.45, 7) is 0. The lowest BCUT2D eigenvalue weighted by Crippen LogP contribution is -2.28. The van der Waals surface area contributed by atoms with Gasteiger partial charge < -0.3 is 0 Å². The van der Waals surface area contributed by atoms with E-state index < -0.39 is 0 Å². The molecule has 1 aliphatic heterocycles. The Bertz CT molecular complexity index is 1060. The molecule has 2 aromatic carbocycles. The fourth-order valence-corrected chi connectivity index (χ4v) is 4.42. The highest BCUT2D eigenvalue weighted by atomic mass is 35.5. The number of allylic oxidation sites excluding steroid dienone is 2. The van der Waals surface area contributed by atoms with Gasteiger partial charge in [0.2, 0.25) is 5.13 Å². The predicted molar refractivity (Wildman–Crippen MR) is 119 cm³/mol. The summed E-state index contributed by atoms with van der Waals surface area (Å²) in [7, 11) is 0. The maximum absolute atomic E-state index is 13.1. The Labute approximate surface area is 175 Å². The summed E-state index contributed by atoms with van der Waals surface area (Å²) < 4.78 is 0. The maximum Gasteiger partial charge on any atom is 0.271 e. The average Bonchev–Trinajstić information content (AvgIpc) is 3.32. The molecule has 4 nitrogen and oxygen atoms in total. The van der Waals surface area contributed by atoms with Crippen molar-refractivity contribution in [3.05, 3.63) is 93.8 Å². The molecule has 0 saturated carbocycles. The SMILES string of the molecule is O=C1/C(=C/C(Cl)=C/c2ccccc2)S/C(=N/c2nccs2)N1c1ccccc1. The lowest BCUT2D eigenvalue weighted by Gasteiger charge is -2.14. The number of nitrogens with zero attached hydrogens (tertiary/aromatic N) is 3. The molecule has 0 aliphatic carbocycles. The van der Waals surface area contributed by atoms with E-state index in [0.717, 1.165) is 11.3 Å². The van der Waals surface area contributed by atoms with Gasteiger partial charge in [0, 0.05) is 16.6 Å². The van der Waals surface area contributed by atoms with Crippen molar-refractivity contribution in [1.29, 1.82) is 0 Å². The lowest BCUT2D eigenvalue weighted by atomic mass is 10.2. The number of carbonyl (C=O) groups excluding carboxylic acids is 1. The molecule has 7 heteroatoms. The number of carbonyl (C=O) groups is 1. The van der Waals surface area contributed by atoms with E-state index in [1.807, 2.05) is 72.1 Å². The Balaban J connectivity index is 1.70. The van der Waals surface area contributed by atoms with Crippen molar-refractivity contribution in [2.75, 3.05) is 4.90 Å². The van der Waals surface area contributed by atoms with Gasteiger partial charge in [-0.3, -0.25) is 9.69 Å². The molecule has 0 bridgehead atoms. The number of halogens is 1. The zero-order valence-electron chi connectivity index (χ0n) is 14.5. The minimum atomic E-state index is -0.161. The lowest BCUT2D eigenvalue weighted by molar-refractivity contribution is -0.113. The second kappa shape index (κ2) is 8.56. The monoisotopic (exact) mass is 423 g/mol. The van der Waals surface area contributed by atoms with Crippen LogP contribution in [0.4, 0.5) is 10.8 Å². The Hall–Kier alpha value is -2.67. The van der Waals surface area contributed by atoms with Crippen LogP contribution in [0, 0.1) is 0 Å². The molecular weight excluding hydrogens is 410 g/mol. The third kappa shape index (κ3) is 4.25. The normalized spacial score (nSPS) is 17.7. The van der Waals surface area contributed by atoms with Crippen molar-refractivity contribution < 1.29 is 4.79 Å². The van der Waals surface area contributed by atoms with E-state index in [1.54, 1.807) is 17.2 Å².